The van der Waals surface area contributed by atoms with Gasteiger partial charge in [-0.15, -0.1) is 0 Å². The van der Waals surface area contributed by atoms with E-state index in [1.165, 1.54) is 0 Å². The summed E-state index contributed by atoms with van der Waals surface area (Å²) >= 11 is 0. The second-order valence-electron chi connectivity index (χ2n) is 7.35. The highest BCUT2D eigenvalue weighted by atomic mass is 16.5. The van der Waals surface area contributed by atoms with Crippen LogP contribution in [0.3, 0.4) is 0 Å². The number of methoxy groups -OCH3 is 1. The third-order valence-corrected chi connectivity index (χ3v) is 5.41. The van der Waals surface area contributed by atoms with E-state index in [1.54, 1.807) is 7.11 Å². The second kappa shape index (κ2) is 9.01. The van der Waals surface area contributed by atoms with Crippen LogP contribution in [0.15, 0.2) is 48.5 Å². The Morgan fingerprint density at radius 3 is 2.25 bits per heavy atom. The lowest BCUT2D eigenvalue weighted by molar-refractivity contribution is -0.128. The number of benzene rings is 2. The van der Waals surface area contributed by atoms with Crippen molar-refractivity contribution in [2.45, 2.75) is 31.2 Å². The maximum Gasteiger partial charge on any atom is 0.154 e. The van der Waals surface area contributed by atoms with E-state index in [1.807, 2.05) is 48.5 Å². The van der Waals surface area contributed by atoms with Crippen LogP contribution in [0.5, 0.6) is 5.75 Å². The van der Waals surface area contributed by atoms with Crippen molar-refractivity contribution in [2.75, 3.05) is 20.3 Å². The monoisotopic (exact) mass is 378 g/mol. The van der Waals surface area contributed by atoms with Crippen molar-refractivity contribution in [1.29, 1.82) is 5.26 Å². The number of ketones is 1. The Bertz CT molecular complexity index is 832. The van der Waals surface area contributed by atoms with Crippen LogP contribution in [0.2, 0.25) is 0 Å². The molecular formula is C23H26N2O3. The number of hydrogen-bond acceptors (Lipinski definition) is 5. The summed E-state index contributed by atoms with van der Waals surface area (Å²) in [5.74, 6) is 0.420. The van der Waals surface area contributed by atoms with E-state index < -0.39 is 5.54 Å². The molecule has 1 fully saturated rings. The van der Waals surface area contributed by atoms with E-state index in [-0.39, 0.29) is 18.1 Å². The van der Waals surface area contributed by atoms with Crippen molar-refractivity contribution in [3.8, 4) is 22.9 Å². The molecule has 0 aromatic heterocycles. The smallest absolute Gasteiger partial charge is 0.154 e. The van der Waals surface area contributed by atoms with Crippen LogP contribution in [0.4, 0.5) is 0 Å². The lowest BCUT2D eigenvalue weighted by Crippen LogP contribution is -2.52. The summed E-state index contributed by atoms with van der Waals surface area (Å²) in [7, 11) is 1.65. The van der Waals surface area contributed by atoms with Gasteiger partial charge in [0, 0.05) is 19.6 Å². The molecule has 0 aliphatic carbocycles. The first-order chi connectivity index (χ1) is 13.5. The molecule has 146 valence electrons. The van der Waals surface area contributed by atoms with E-state index in [0.29, 0.717) is 32.5 Å². The first kappa shape index (κ1) is 20.1. The predicted molar refractivity (Wildman–Crippen MR) is 108 cm³/mol. The number of carbonyl (C=O) groups is 1. The lowest BCUT2D eigenvalue weighted by Gasteiger charge is -2.32. The summed E-state index contributed by atoms with van der Waals surface area (Å²) in [4.78, 5) is 12.6. The number of ether oxygens (including phenoxy) is 2. The number of nitrogens with zero attached hydrogens (tertiary/aromatic N) is 1. The molecule has 3 rings (SSSR count). The zero-order valence-electron chi connectivity index (χ0n) is 16.2. The fourth-order valence-corrected chi connectivity index (χ4v) is 3.51. The summed E-state index contributed by atoms with van der Waals surface area (Å²) < 4.78 is 10.5. The summed E-state index contributed by atoms with van der Waals surface area (Å²) in [6.45, 7) is 1.01. The minimum atomic E-state index is -0.842. The average molecular weight is 378 g/mol. The van der Waals surface area contributed by atoms with Gasteiger partial charge in [-0.2, -0.15) is 5.26 Å². The van der Waals surface area contributed by atoms with Crippen LogP contribution in [0.25, 0.3) is 11.1 Å². The first-order valence-electron chi connectivity index (χ1n) is 9.57. The van der Waals surface area contributed by atoms with Crippen molar-refractivity contribution in [1.82, 2.24) is 0 Å². The number of carbonyl (C=O) groups excluding carboxylic acids is 1. The third-order valence-electron chi connectivity index (χ3n) is 5.41. The molecule has 0 radical (unpaired) electrons. The van der Waals surface area contributed by atoms with E-state index in [2.05, 4.69) is 6.07 Å². The molecule has 1 atom stereocenters. The quantitative estimate of drug-likeness (QED) is 0.797. The van der Waals surface area contributed by atoms with Crippen molar-refractivity contribution >= 4 is 5.78 Å². The Morgan fingerprint density at radius 1 is 1.14 bits per heavy atom. The molecule has 0 unspecified atom stereocenters. The lowest BCUT2D eigenvalue weighted by atomic mass is 9.81. The molecule has 0 amide bonds. The second-order valence-corrected chi connectivity index (χ2v) is 7.35. The fraction of sp³-hybridized carbons (Fsp3) is 0.391. The Morgan fingerprint density at radius 2 is 1.71 bits per heavy atom. The van der Waals surface area contributed by atoms with Crippen LogP contribution < -0.4 is 10.5 Å². The summed E-state index contributed by atoms with van der Waals surface area (Å²) in [5, 5.41) is 9.52. The average Bonchev–Trinajstić information content (AvgIpc) is 2.74. The van der Waals surface area contributed by atoms with E-state index in [9.17, 15) is 10.1 Å². The maximum atomic E-state index is 12.6. The molecule has 2 aromatic carbocycles. The minimum Gasteiger partial charge on any atom is -0.497 e. The van der Waals surface area contributed by atoms with E-state index in [4.69, 9.17) is 15.2 Å². The number of hydrogen-bond donors (Lipinski definition) is 1. The molecule has 0 bridgehead atoms. The minimum absolute atomic E-state index is 0.0304. The Labute approximate surface area is 166 Å². The van der Waals surface area contributed by atoms with Crippen molar-refractivity contribution in [3.63, 3.8) is 0 Å². The van der Waals surface area contributed by atoms with Crippen LogP contribution in [-0.2, 0) is 16.0 Å². The highest BCUT2D eigenvalue weighted by Crippen LogP contribution is 2.25. The standard InChI is InChI=1S/C23H26N2O3/c1-27-21-8-6-20(7-9-21)19-4-2-17(3-5-19)14-18(16-24)15-22(26)23(25)10-12-28-13-11-23/h2-9,18H,10-15,25H2,1H3/t18-/m1/s1. The van der Waals surface area contributed by atoms with Gasteiger partial charge in [0.2, 0.25) is 0 Å². The van der Waals surface area contributed by atoms with Crippen LogP contribution in [-0.4, -0.2) is 31.6 Å². The molecule has 5 nitrogen and oxygen atoms in total. The molecule has 0 spiro atoms. The molecule has 5 heteroatoms. The van der Waals surface area contributed by atoms with Gasteiger partial charge in [-0.25, -0.2) is 0 Å². The molecule has 0 saturated carbocycles. The van der Waals surface area contributed by atoms with E-state index >= 15 is 0 Å². The number of nitriles is 1. The van der Waals surface area contributed by atoms with Crippen LogP contribution in [0, 0.1) is 17.2 Å². The van der Waals surface area contributed by atoms with Gasteiger partial charge in [0.05, 0.1) is 24.6 Å². The molecule has 1 aliphatic rings. The molecule has 1 heterocycles. The SMILES string of the molecule is COc1ccc(-c2ccc(C[C@@H](C#N)CC(=O)C3(N)CCOCC3)cc2)cc1. The van der Waals surface area contributed by atoms with Crippen LogP contribution in [0.1, 0.15) is 24.8 Å². The molecule has 2 N–H and O–H groups in total. The number of nitrogens with two attached hydrogens (primary N) is 1. The molecule has 1 saturated heterocycles. The predicted octanol–water partition coefficient (Wildman–Crippen LogP) is 3.51. The zero-order chi connectivity index (χ0) is 20.0. The molecule has 1 aliphatic heterocycles. The first-order valence-corrected chi connectivity index (χ1v) is 9.57. The van der Waals surface area contributed by atoms with Gasteiger partial charge >= 0.3 is 0 Å². The van der Waals surface area contributed by atoms with E-state index in [0.717, 1.165) is 22.4 Å². The highest BCUT2D eigenvalue weighted by molar-refractivity contribution is 5.88. The summed E-state index contributed by atoms with van der Waals surface area (Å²) in [6.07, 6.45) is 1.78. The Kier molecular flexibility index (Phi) is 6.45. The van der Waals surface area contributed by atoms with Gasteiger partial charge in [-0.05, 0) is 48.1 Å². The Hall–Kier alpha value is -2.68. The van der Waals surface area contributed by atoms with Gasteiger partial charge in [0.1, 0.15) is 5.75 Å². The van der Waals surface area contributed by atoms with Gasteiger partial charge < -0.3 is 15.2 Å². The fourth-order valence-electron chi connectivity index (χ4n) is 3.51. The van der Waals surface area contributed by atoms with Gasteiger partial charge in [-0.1, -0.05) is 36.4 Å². The van der Waals surface area contributed by atoms with Crippen molar-refractivity contribution in [2.24, 2.45) is 11.7 Å². The largest absolute Gasteiger partial charge is 0.497 e. The van der Waals surface area contributed by atoms with Crippen molar-refractivity contribution < 1.29 is 14.3 Å². The number of rotatable bonds is 7. The van der Waals surface area contributed by atoms with Gasteiger partial charge in [0.15, 0.2) is 5.78 Å². The van der Waals surface area contributed by atoms with Gasteiger partial charge in [-0.3, -0.25) is 4.79 Å². The van der Waals surface area contributed by atoms with Crippen molar-refractivity contribution in [3.05, 3.63) is 54.1 Å². The maximum absolute atomic E-state index is 12.6. The normalized spacial score (nSPS) is 16.8. The molecule has 28 heavy (non-hydrogen) atoms. The topological polar surface area (TPSA) is 85.3 Å². The zero-order valence-corrected chi connectivity index (χ0v) is 16.2. The summed E-state index contributed by atoms with van der Waals surface area (Å²) in [5.41, 5.74) is 8.65. The molecule has 2 aromatic rings. The summed E-state index contributed by atoms with van der Waals surface area (Å²) in [6, 6.07) is 18.3. The highest BCUT2D eigenvalue weighted by Gasteiger charge is 2.36. The third kappa shape index (κ3) is 4.78. The van der Waals surface area contributed by atoms with Crippen LogP contribution >= 0.6 is 0 Å². The van der Waals surface area contributed by atoms with Gasteiger partial charge in [0.25, 0.3) is 0 Å². The Balaban J connectivity index is 1.63. The number of Topliss-reactive ketones (excluding diaryl/α,β-unsaturated/α-hetero) is 1. The molecular weight excluding hydrogens is 352 g/mol.